The molecule has 0 saturated carbocycles. The van der Waals surface area contributed by atoms with Gasteiger partial charge in [0.1, 0.15) is 17.0 Å². The number of benzene rings is 1. The number of pyridine rings is 1. The van der Waals surface area contributed by atoms with Gasteiger partial charge in [0, 0.05) is 5.39 Å². The fraction of sp³-hybridized carbons (Fsp3) is 0.353. The number of esters is 2. The number of rotatable bonds is 8. The van der Waals surface area contributed by atoms with Gasteiger partial charge in [-0.2, -0.15) is 0 Å². The van der Waals surface area contributed by atoms with Crippen LogP contribution >= 0.6 is 0 Å². The van der Waals surface area contributed by atoms with Crippen molar-refractivity contribution in [2.45, 2.75) is 13.8 Å². The zero-order valence-electron chi connectivity index (χ0n) is 13.6. The van der Waals surface area contributed by atoms with Crippen LogP contribution in [0.2, 0.25) is 0 Å². The second-order valence-corrected chi connectivity index (χ2v) is 4.69. The Labute approximate surface area is 139 Å². The van der Waals surface area contributed by atoms with Crippen LogP contribution in [0.4, 0.5) is 0 Å². The first-order chi connectivity index (χ1) is 11.6. The minimum Gasteiger partial charge on any atom is -0.480 e. The third kappa shape index (κ3) is 4.84. The molecule has 1 aromatic heterocycles. The Balaban J connectivity index is 2.07. The fourth-order valence-electron chi connectivity index (χ4n) is 1.99. The van der Waals surface area contributed by atoms with E-state index in [4.69, 9.17) is 18.9 Å². The quantitative estimate of drug-likeness (QED) is 0.684. The van der Waals surface area contributed by atoms with Gasteiger partial charge in [-0.1, -0.05) is 12.1 Å². The van der Waals surface area contributed by atoms with E-state index in [2.05, 4.69) is 4.98 Å². The van der Waals surface area contributed by atoms with Crippen molar-refractivity contribution in [2.75, 3.05) is 26.4 Å². The minimum absolute atomic E-state index is 0.180. The van der Waals surface area contributed by atoms with Gasteiger partial charge < -0.3 is 18.9 Å². The smallest absolute Gasteiger partial charge is 0.344 e. The highest BCUT2D eigenvalue weighted by molar-refractivity contribution is 5.85. The number of aromatic nitrogens is 1. The number of hydrogen-bond donors (Lipinski definition) is 0. The van der Waals surface area contributed by atoms with E-state index in [0.717, 1.165) is 5.39 Å². The Morgan fingerprint density at radius 1 is 1.00 bits per heavy atom. The Morgan fingerprint density at radius 2 is 1.67 bits per heavy atom. The number of ether oxygens (including phenoxy) is 4. The molecule has 1 aromatic carbocycles. The van der Waals surface area contributed by atoms with Gasteiger partial charge in [-0.3, -0.25) is 0 Å². The zero-order chi connectivity index (χ0) is 17.4. The van der Waals surface area contributed by atoms with Gasteiger partial charge in [0.05, 0.1) is 19.4 Å². The summed E-state index contributed by atoms with van der Waals surface area (Å²) in [5.41, 5.74) is 0.588. The third-order valence-electron chi connectivity index (χ3n) is 2.96. The van der Waals surface area contributed by atoms with E-state index in [1.807, 2.05) is 6.07 Å². The molecule has 0 atom stereocenters. The Morgan fingerprint density at radius 3 is 2.33 bits per heavy atom. The van der Waals surface area contributed by atoms with E-state index in [0.29, 0.717) is 30.2 Å². The molecule has 0 bridgehead atoms. The maximum absolute atomic E-state index is 11.4. The molecule has 0 N–H and O–H groups in total. The third-order valence-corrected chi connectivity index (χ3v) is 2.96. The number of fused-ring (bicyclic) bond motifs is 1. The largest absolute Gasteiger partial charge is 0.480 e. The lowest BCUT2D eigenvalue weighted by atomic mass is 10.2. The lowest BCUT2D eigenvalue weighted by molar-refractivity contribution is -0.146. The van der Waals surface area contributed by atoms with Crippen molar-refractivity contribution in [3.05, 3.63) is 30.5 Å². The highest BCUT2D eigenvalue weighted by Gasteiger charge is 2.09. The summed E-state index contributed by atoms with van der Waals surface area (Å²) in [5, 5.41) is 0.762. The molecule has 24 heavy (non-hydrogen) atoms. The summed E-state index contributed by atoms with van der Waals surface area (Å²) in [6.45, 7) is 3.70. The van der Waals surface area contributed by atoms with E-state index < -0.39 is 11.9 Å². The number of nitrogens with zero attached hydrogens (tertiary/aromatic N) is 1. The van der Waals surface area contributed by atoms with Crippen LogP contribution in [-0.2, 0) is 19.1 Å². The van der Waals surface area contributed by atoms with E-state index in [1.54, 1.807) is 32.0 Å². The first-order valence-corrected chi connectivity index (χ1v) is 7.59. The second-order valence-electron chi connectivity index (χ2n) is 4.69. The van der Waals surface area contributed by atoms with Gasteiger partial charge in [-0.05, 0) is 26.0 Å². The second kappa shape index (κ2) is 8.71. The molecule has 2 aromatic rings. The van der Waals surface area contributed by atoms with Crippen molar-refractivity contribution >= 4 is 22.8 Å². The summed E-state index contributed by atoms with van der Waals surface area (Å²) in [7, 11) is 0. The average Bonchev–Trinajstić information content (AvgIpc) is 2.58. The molecule has 0 amide bonds. The van der Waals surface area contributed by atoms with E-state index in [-0.39, 0.29) is 13.2 Å². The first kappa shape index (κ1) is 17.5. The van der Waals surface area contributed by atoms with Gasteiger partial charge >= 0.3 is 11.9 Å². The summed E-state index contributed by atoms with van der Waals surface area (Å²) in [6.07, 6.45) is 1.48. The normalized spacial score (nSPS) is 10.2. The topological polar surface area (TPSA) is 84.0 Å². The molecule has 128 valence electrons. The SMILES string of the molecule is CCOC(=O)COc1cnc2c(OCC(=O)OCC)cccc2c1. The van der Waals surface area contributed by atoms with Crippen LogP contribution in [0.25, 0.3) is 10.9 Å². The van der Waals surface area contributed by atoms with Crippen LogP contribution < -0.4 is 9.47 Å². The van der Waals surface area contributed by atoms with Gasteiger partial charge in [0.2, 0.25) is 0 Å². The maximum Gasteiger partial charge on any atom is 0.344 e. The molecule has 0 aliphatic carbocycles. The summed E-state index contributed by atoms with van der Waals surface area (Å²) in [5.74, 6) is 0.0311. The van der Waals surface area contributed by atoms with Crippen molar-refractivity contribution in [3.8, 4) is 11.5 Å². The Hall–Kier alpha value is -2.83. The van der Waals surface area contributed by atoms with Crippen molar-refractivity contribution in [1.29, 1.82) is 0 Å². The molecule has 0 unspecified atom stereocenters. The maximum atomic E-state index is 11.4. The first-order valence-electron chi connectivity index (χ1n) is 7.59. The minimum atomic E-state index is -0.441. The molecule has 0 aliphatic heterocycles. The highest BCUT2D eigenvalue weighted by atomic mass is 16.6. The summed E-state index contributed by atoms with van der Waals surface area (Å²) in [4.78, 5) is 27.0. The lowest BCUT2D eigenvalue weighted by Gasteiger charge is -2.10. The summed E-state index contributed by atoms with van der Waals surface area (Å²) >= 11 is 0. The molecule has 0 spiro atoms. The monoisotopic (exact) mass is 333 g/mol. The molecule has 0 saturated heterocycles. The number of hydrogen-bond acceptors (Lipinski definition) is 7. The lowest BCUT2D eigenvalue weighted by Crippen LogP contribution is -2.15. The van der Waals surface area contributed by atoms with E-state index in [9.17, 15) is 9.59 Å². The molecule has 0 aliphatic rings. The predicted molar refractivity (Wildman–Crippen MR) is 86.0 cm³/mol. The van der Waals surface area contributed by atoms with Gasteiger partial charge in [0.25, 0.3) is 0 Å². The molecular formula is C17H19NO6. The molecule has 1 heterocycles. The number of para-hydroxylation sites is 1. The summed E-state index contributed by atoms with van der Waals surface area (Å²) in [6, 6.07) is 7.06. The van der Waals surface area contributed by atoms with Crippen molar-refractivity contribution in [1.82, 2.24) is 4.98 Å². The zero-order valence-corrected chi connectivity index (χ0v) is 13.6. The average molecular weight is 333 g/mol. The van der Waals surface area contributed by atoms with Crippen molar-refractivity contribution < 1.29 is 28.5 Å². The van der Waals surface area contributed by atoms with Crippen LogP contribution in [-0.4, -0.2) is 43.4 Å². The van der Waals surface area contributed by atoms with Crippen LogP contribution in [0.1, 0.15) is 13.8 Å². The number of carbonyl (C=O) groups excluding carboxylic acids is 2. The number of carbonyl (C=O) groups is 2. The van der Waals surface area contributed by atoms with Crippen LogP contribution in [0.3, 0.4) is 0 Å². The Bertz CT molecular complexity index is 715. The van der Waals surface area contributed by atoms with Crippen LogP contribution in [0, 0.1) is 0 Å². The molecule has 2 rings (SSSR count). The summed E-state index contributed by atoms with van der Waals surface area (Å²) < 4.78 is 20.4. The molecule has 0 radical (unpaired) electrons. The van der Waals surface area contributed by atoms with Crippen molar-refractivity contribution in [3.63, 3.8) is 0 Å². The molecular weight excluding hydrogens is 314 g/mol. The van der Waals surface area contributed by atoms with Gasteiger partial charge in [-0.15, -0.1) is 0 Å². The fourth-order valence-corrected chi connectivity index (χ4v) is 1.99. The van der Waals surface area contributed by atoms with Crippen LogP contribution in [0.15, 0.2) is 30.5 Å². The molecule has 7 nitrogen and oxygen atoms in total. The highest BCUT2D eigenvalue weighted by Crippen LogP contribution is 2.26. The van der Waals surface area contributed by atoms with Gasteiger partial charge in [0.15, 0.2) is 13.2 Å². The predicted octanol–water partition coefficient (Wildman–Crippen LogP) is 2.12. The van der Waals surface area contributed by atoms with E-state index >= 15 is 0 Å². The Kier molecular flexibility index (Phi) is 6.36. The molecule has 7 heteroatoms. The van der Waals surface area contributed by atoms with Gasteiger partial charge in [-0.25, -0.2) is 14.6 Å². The van der Waals surface area contributed by atoms with Crippen molar-refractivity contribution in [2.24, 2.45) is 0 Å². The molecule has 0 fully saturated rings. The van der Waals surface area contributed by atoms with E-state index in [1.165, 1.54) is 6.20 Å². The van der Waals surface area contributed by atoms with Crippen LogP contribution in [0.5, 0.6) is 11.5 Å². The standard InChI is InChI=1S/C17H19NO6/c1-3-21-15(19)10-23-13-8-12-6-5-7-14(17(12)18-9-13)24-11-16(20)22-4-2/h5-9H,3-4,10-11H2,1-2H3.